The summed E-state index contributed by atoms with van der Waals surface area (Å²) >= 11 is 1.54. The molecule has 1 aromatic carbocycles. The quantitative estimate of drug-likeness (QED) is 0.704. The molecule has 7 heteroatoms. The van der Waals surface area contributed by atoms with Crippen LogP contribution in [0.15, 0.2) is 30.3 Å². The average molecular weight is 385 g/mol. The van der Waals surface area contributed by atoms with E-state index in [4.69, 9.17) is 5.73 Å². The highest BCUT2D eigenvalue weighted by atomic mass is 32.1. The molecule has 140 valence electrons. The van der Waals surface area contributed by atoms with E-state index in [1.807, 2.05) is 44.4 Å². The zero-order valence-electron chi connectivity index (χ0n) is 15.5. The van der Waals surface area contributed by atoms with Crippen molar-refractivity contribution in [1.29, 1.82) is 0 Å². The van der Waals surface area contributed by atoms with Crippen LogP contribution in [0.1, 0.15) is 42.5 Å². The normalized spacial score (nSPS) is 10.9. The smallest absolute Gasteiger partial charge is 0.258 e. The number of hydrogen-bond donors (Lipinski definition) is 2. The fourth-order valence-corrected chi connectivity index (χ4v) is 4.28. The van der Waals surface area contributed by atoms with Crippen molar-refractivity contribution in [3.05, 3.63) is 69.1 Å². The van der Waals surface area contributed by atoms with E-state index in [1.54, 1.807) is 11.3 Å². The molecule has 0 radical (unpaired) electrons. The van der Waals surface area contributed by atoms with Gasteiger partial charge in [0.25, 0.3) is 11.8 Å². The maximum absolute atomic E-state index is 13.7. The van der Waals surface area contributed by atoms with Crippen molar-refractivity contribution >= 4 is 28.8 Å². The van der Waals surface area contributed by atoms with Gasteiger partial charge < -0.3 is 15.6 Å². The molecular formula is C20H20FN3O2S. The molecule has 0 atom stereocenters. The third-order valence-electron chi connectivity index (χ3n) is 4.56. The Morgan fingerprint density at radius 1 is 1.07 bits per heavy atom. The Balaban J connectivity index is 2.04. The largest absolute Gasteiger partial charge is 0.366 e. The monoisotopic (exact) mass is 385 g/mol. The Morgan fingerprint density at radius 2 is 1.70 bits per heavy atom. The van der Waals surface area contributed by atoms with Crippen molar-refractivity contribution in [2.24, 2.45) is 5.73 Å². The van der Waals surface area contributed by atoms with Crippen LogP contribution in [0.3, 0.4) is 0 Å². The van der Waals surface area contributed by atoms with E-state index in [-0.39, 0.29) is 11.5 Å². The van der Waals surface area contributed by atoms with Gasteiger partial charge in [-0.2, -0.15) is 0 Å². The van der Waals surface area contributed by atoms with E-state index < -0.39 is 11.7 Å². The zero-order chi connectivity index (χ0) is 19.9. The molecule has 0 aliphatic rings. The topological polar surface area (TPSA) is 77.1 Å². The number of aromatic nitrogens is 1. The number of nitrogens with zero attached hydrogens (tertiary/aromatic N) is 1. The first kappa shape index (κ1) is 18.8. The molecule has 5 nitrogen and oxygen atoms in total. The number of primary amides is 1. The molecule has 0 unspecified atom stereocenters. The summed E-state index contributed by atoms with van der Waals surface area (Å²) in [7, 11) is 0. The highest BCUT2D eigenvalue weighted by molar-refractivity contribution is 7.15. The number of carbonyl (C=O) groups is 2. The molecule has 27 heavy (non-hydrogen) atoms. The number of carbonyl (C=O) groups excluding carboxylic acids is 2. The van der Waals surface area contributed by atoms with Gasteiger partial charge in [-0.1, -0.05) is 0 Å². The number of benzene rings is 1. The van der Waals surface area contributed by atoms with Gasteiger partial charge in [-0.05, 0) is 63.6 Å². The summed E-state index contributed by atoms with van der Waals surface area (Å²) in [5, 5.41) is 3.59. The third kappa shape index (κ3) is 3.38. The van der Waals surface area contributed by atoms with Crippen LogP contribution in [0.4, 0.5) is 10.1 Å². The van der Waals surface area contributed by atoms with Gasteiger partial charge in [-0.3, -0.25) is 9.59 Å². The molecule has 0 saturated carbocycles. The van der Waals surface area contributed by atoms with E-state index in [2.05, 4.69) is 5.32 Å². The van der Waals surface area contributed by atoms with Crippen LogP contribution in [0.5, 0.6) is 0 Å². The van der Waals surface area contributed by atoms with Crippen LogP contribution < -0.4 is 11.1 Å². The standard InChI is InChI=1S/C20H20FN3O2S/c1-10-5-6-11(2)24(10)20-17(12(3)13(4)27-20)19(26)23-14-7-8-16(21)15(9-14)18(22)25/h5-9H,1-4H3,(H2,22,25)(H,23,26). The van der Waals surface area contributed by atoms with E-state index in [0.717, 1.165) is 32.9 Å². The summed E-state index contributed by atoms with van der Waals surface area (Å²) in [6.45, 7) is 7.84. The Hall–Kier alpha value is -2.93. The SMILES string of the molecule is Cc1sc(-n2c(C)ccc2C)c(C(=O)Nc2ccc(F)c(C(N)=O)c2)c1C. The summed E-state index contributed by atoms with van der Waals surface area (Å²) in [6, 6.07) is 7.76. The molecular weight excluding hydrogens is 365 g/mol. The highest BCUT2D eigenvalue weighted by Crippen LogP contribution is 2.33. The number of thiophene rings is 1. The minimum absolute atomic E-state index is 0.261. The number of anilines is 1. The molecule has 0 saturated heterocycles. The Morgan fingerprint density at radius 3 is 2.30 bits per heavy atom. The number of rotatable bonds is 4. The van der Waals surface area contributed by atoms with Crippen molar-refractivity contribution in [3.63, 3.8) is 0 Å². The van der Waals surface area contributed by atoms with E-state index >= 15 is 0 Å². The lowest BCUT2D eigenvalue weighted by Gasteiger charge is -2.12. The first-order chi connectivity index (χ1) is 12.7. The average Bonchev–Trinajstić information content (AvgIpc) is 3.08. The number of aryl methyl sites for hydroxylation is 3. The fraction of sp³-hybridized carbons (Fsp3) is 0.200. The predicted octanol–water partition coefficient (Wildman–Crippen LogP) is 4.26. The molecule has 2 amide bonds. The van der Waals surface area contributed by atoms with Gasteiger partial charge in [-0.15, -0.1) is 11.3 Å². The van der Waals surface area contributed by atoms with Crippen molar-refractivity contribution in [2.75, 3.05) is 5.32 Å². The van der Waals surface area contributed by atoms with Crippen LogP contribution in [0, 0.1) is 33.5 Å². The number of halogens is 1. The number of hydrogen-bond acceptors (Lipinski definition) is 3. The van der Waals surface area contributed by atoms with E-state index in [0.29, 0.717) is 11.3 Å². The highest BCUT2D eigenvalue weighted by Gasteiger charge is 2.23. The third-order valence-corrected chi connectivity index (χ3v) is 5.75. The molecule has 0 spiro atoms. The van der Waals surface area contributed by atoms with Crippen LogP contribution in [-0.2, 0) is 0 Å². The Kier molecular flexibility index (Phi) is 4.89. The van der Waals surface area contributed by atoms with E-state index in [1.165, 1.54) is 12.1 Å². The van der Waals surface area contributed by atoms with Gasteiger partial charge in [0, 0.05) is 22.0 Å². The lowest BCUT2D eigenvalue weighted by Crippen LogP contribution is -2.17. The molecule has 0 aliphatic carbocycles. The van der Waals surface area contributed by atoms with Gasteiger partial charge in [0.1, 0.15) is 10.8 Å². The maximum Gasteiger partial charge on any atom is 0.258 e. The number of nitrogens with one attached hydrogen (secondary N) is 1. The molecule has 0 bridgehead atoms. The van der Waals surface area contributed by atoms with Crippen molar-refractivity contribution in [1.82, 2.24) is 4.57 Å². The second-order valence-corrected chi connectivity index (χ2v) is 7.63. The molecule has 2 heterocycles. The van der Waals surface area contributed by atoms with Crippen LogP contribution in [0.2, 0.25) is 0 Å². The summed E-state index contributed by atoms with van der Waals surface area (Å²) in [5.74, 6) is -1.92. The second-order valence-electron chi connectivity index (χ2n) is 6.43. The molecule has 0 aliphatic heterocycles. The van der Waals surface area contributed by atoms with Crippen molar-refractivity contribution < 1.29 is 14.0 Å². The van der Waals surface area contributed by atoms with E-state index in [9.17, 15) is 14.0 Å². The van der Waals surface area contributed by atoms with Gasteiger partial charge in [0.05, 0.1) is 11.1 Å². The molecule has 3 rings (SSSR count). The van der Waals surface area contributed by atoms with Crippen LogP contribution in [-0.4, -0.2) is 16.4 Å². The van der Waals surface area contributed by atoms with Gasteiger partial charge in [-0.25, -0.2) is 4.39 Å². The molecule has 0 fully saturated rings. The molecule has 3 N–H and O–H groups in total. The summed E-state index contributed by atoms with van der Waals surface area (Å²) in [4.78, 5) is 25.4. The lowest BCUT2D eigenvalue weighted by molar-refractivity contribution is 0.0992. The van der Waals surface area contributed by atoms with Gasteiger partial charge >= 0.3 is 0 Å². The van der Waals surface area contributed by atoms with Crippen LogP contribution in [0.25, 0.3) is 5.00 Å². The minimum atomic E-state index is -0.884. The number of nitrogens with two attached hydrogens (primary N) is 1. The van der Waals surface area contributed by atoms with Crippen molar-refractivity contribution in [2.45, 2.75) is 27.7 Å². The Labute approximate surface area is 160 Å². The fourth-order valence-electron chi connectivity index (χ4n) is 3.01. The number of amides is 2. The predicted molar refractivity (Wildman–Crippen MR) is 105 cm³/mol. The minimum Gasteiger partial charge on any atom is -0.366 e. The van der Waals surface area contributed by atoms with Crippen molar-refractivity contribution in [3.8, 4) is 5.00 Å². The molecule has 2 aromatic heterocycles. The van der Waals surface area contributed by atoms with Gasteiger partial charge in [0.15, 0.2) is 0 Å². The summed E-state index contributed by atoms with van der Waals surface area (Å²) in [6.07, 6.45) is 0. The first-order valence-electron chi connectivity index (χ1n) is 8.36. The second kappa shape index (κ2) is 7.00. The molecule has 3 aromatic rings. The maximum atomic E-state index is 13.7. The zero-order valence-corrected chi connectivity index (χ0v) is 16.3. The van der Waals surface area contributed by atoms with Gasteiger partial charge in [0.2, 0.25) is 0 Å². The summed E-state index contributed by atoms with van der Waals surface area (Å²) < 4.78 is 15.7. The summed E-state index contributed by atoms with van der Waals surface area (Å²) in [5.41, 5.74) is 8.73. The van der Waals surface area contributed by atoms with Crippen LogP contribution >= 0.6 is 11.3 Å². The first-order valence-corrected chi connectivity index (χ1v) is 9.18. The Bertz CT molecular complexity index is 1050. The lowest BCUT2D eigenvalue weighted by atomic mass is 10.1.